The minimum Gasteiger partial charge on any atom is -0.496 e. The summed E-state index contributed by atoms with van der Waals surface area (Å²) in [5.74, 6) is 1.33. The predicted octanol–water partition coefficient (Wildman–Crippen LogP) is 3.51. The van der Waals surface area contributed by atoms with Crippen molar-refractivity contribution in [3.63, 3.8) is 0 Å². The van der Waals surface area contributed by atoms with E-state index in [0.717, 1.165) is 18.8 Å². The van der Waals surface area contributed by atoms with Crippen molar-refractivity contribution in [3.8, 4) is 16.9 Å². The molecule has 0 aromatic heterocycles. The molecule has 0 unspecified atom stereocenters. The van der Waals surface area contributed by atoms with Gasteiger partial charge < -0.3 is 9.64 Å². The molecule has 1 amide bonds. The lowest BCUT2D eigenvalue weighted by Crippen LogP contribution is -2.34. The standard InChI is InChI=1S/C8H15NO.C7H6O.ClH/c1-2-8(10)9-6-4-3-5-7-9;1-8-7-3-2-5-4-6(5)7;/h2-7H2,1H3;2-4H,1H3;1H. The molecule has 0 saturated carbocycles. The number of amides is 1. The maximum Gasteiger partial charge on any atom is 0.222 e. The number of benzene rings is 1. The third-order valence-corrected chi connectivity index (χ3v) is 3.44. The van der Waals surface area contributed by atoms with Crippen molar-refractivity contribution in [2.45, 2.75) is 32.6 Å². The Morgan fingerprint density at radius 3 is 2.32 bits per heavy atom. The molecule has 4 heteroatoms. The van der Waals surface area contributed by atoms with Crippen LogP contribution in [0.25, 0.3) is 11.1 Å². The third-order valence-electron chi connectivity index (χ3n) is 3.44. The smallest absolute Gasteiger partial charge is 0.222 e. The van der Waals surface area contributed by atoms with Gasteiger partial charge in [-0.3, -0.25) is 4.79 Å². The zero-order chi connectivity index (χ0) is 13.0. The molecule has 1 aliphatic heterocycles. The average Bonchev–Trinajstić information content (AvgIpc) is 3.11. The second-order valence-electron chi connectivity index (χ2n) is 4.71. The van der Waals surface area contributed by atoms with E-state index in [0.29, 0.717) is 12.3 Å². The number of nitrogens with zero attached hydrogens (tertiary/aromatic N) is 1. The van der Waals surface area contributed by atoms with E-state index in [1.807, 2.05) is 17.9 Å². The van der Waals surface area contributed by atoms with Crippen LogP contribution >= 0.6 is 12.4 Å². The molecule has 19 heavy (non-hydrogen) atoms. The first-order valence-corrected chi connectivity index (χ1v) is 6.72. The molecule has 0 aromatic carbocycles. The summed E-state index contributed by atoms with van der Waals surface area (Å²) in [7, 11) is 1.70. The van der Waals surface area contributed by atoms with Crippen LogP contribution in [0.2, 0.25) is 0 Å². The van der Waals surface area contributed by atoms with Gasteiger partial charge in [-0.2, -0.15) is 0 Å². The van der Waals surface area contributed by atoms with E-state index in [-0.39, 0.29) is 12.4 Å². The van der Waals surface area contributed by atoms with Crippen molar-refractivity contribution in [2.75, 3.05) is 20.2 Å². The second kappa shape index (κ2) is 7.39. The van der Waals surface area contributed by atoms with Gasteiger partial charge in [0.15, 0.2) is 0 Å². The fourth-order valence-electron chi connectivity index (χ4n) is 2.27. The molecule has 0 N–H and O–H groups in total. The van der Waals surface area contributed by atoms with Crippen molar-refractivity contribution in [1.82, 2.24) is 4.90 Å². The van der Waals surface area contributed by atoms with E-state index in [1.54, 1.807) is 7.11 Å². The molecular formula is C15H22ClNO2. The van der Waals surface area contributed by atoms with E-state index >= 15 is 0 Å². The number of hydrogen-bond donors (Lipinski definition) is 0. The van der Waals surface area contributed by atoms with Crippen LogP contribution in [0.5, 0.6) is 5.75 Å². The van der Waals surface area contributed by atoms with E-state index < -0.39 is 0 Å². The van der Waals surface area contributed by atoms with Gasteiger partial charge in [-0.25, -0.2) is 0 Å². The number of ether oxygens (including phenoxy) is 1. The second-order valence-corrected chi connectivity index (χ2v) is 4.71. The normalized spacial score (nSPS) is 14.7. The third kappa shape index (κ3) is 4.13. The number of rotatable bonds is 2. The monoisotopic (exact) mass is 283 g/mol. The van der Waals surface area contributed by atoms with Gasteiger partial charge in [0.05, 0.1) is 7.11 Å². The fraction of sp³-hybridized carbons (Fsp3) is 0.533. The lowest BCUT2D eigenvalue weighted by molar-refractivity contribution is -0.131. The number of carbonyl (C=O) groups is 1. The maximum absolute atomic E-state index is 11.1. The minimum absolute atomic E-state index is 0. The van der Waals surface area contributed by atoms with Crippen molar-refractivity contribution >= 4 is 18.3 Å². The summed E-state index contributed by atoms with van der Waals surface area (Å²) < 4.78 is 5.01. The Kier molecular flexibility index (Phi) is 6.16. The SMILES string of the molecule is CCC(=O)N1CCCCC1.COc1ccc2cc1-2.Cl. The van der Waals surface area contributed by atoms with E-state index in [2.05, 4.69) is 12.1 Å². The van der Waals surface area contributed by atoms with Crippen molar-refractivity contribution < 1.29 is 9.53 Å². The summed E-state index contributed by atoms with van der Waals surface area (Å²) in [6, 6.07) is 6.16. The summed E-state index contributed by atoms with van der Waals surface area (Å²) in [4.78, 5) is 13.1. The number of likely N-dealkylation sites (tertiary alicyclic amines) is 1. The minimum atomic E-state index is 0. The molecule has 1 saturated heterocycles. The maximum atomic E-state index is 11.1. The van der Waals surface area contributed by atoms with Gasteiger partial charge in [0.1, 0.15) is 5.75 Å². The van der Waals surface area contributed by atoms with Crippen LogP contribution in [0.4, 0.5) is 0 Å². The van der Waals surface area contributed by atoms with Crippen LogP contribution in [-0.2, 0) is 4.79 Å². The van der Waals surface area contributed by atoms with Gasteiger partial charge in [0, 0.05) is 25.1 Å². The number of piperidine rings is 1. The average molecular weight is 284 g/mol. The van der Waals surface area contributed by atoms with E-state index in [9.17, 15) is 4.79 Å². The molecule has 0 atom stereocenters. The highest BCUT2D eigenvalue weighted by molar-refractivity contribution is 5.87. The first-order chi connectivity index (χ1) is 8.76. The van der Waals surface area contributed by atoms with Crippen molar-refractivity contribution in [1.29, 1.82) is 0 Å². The van der Waals surface area contributed by atoms with Gasteiger partial charge in [0.2, 0.25) is 5.91 Å². The molecule has 3 rings (SSSR count). The Labute approximate surface area is 121 Å². The molecule has 3 nitrogen and oxygen atoms in total. The summed E-state index contributed by atoms with van der Waals surface area (Å²) in [5, 5.41) is 0. The molecule has 1 fully saturated rings. The number of carbonyl (C=O) groups excluding carboxylic acids is 1. The van der Waals surface area contributed by atoms with E-state index in [1.165, 1.54) is 30.4 Å². The highest BCUT2D eigenvalue weighted by Gasteiger charge is 2.16. The molecule has 1 heterocycles. The van der Waals surface area contributed by atoms with Gasteiger partial charge in [-0.1, -0.05) is 13.0 Å². The van der Waals surface area contributed by atoms with Crippen LogP contribution in [0, 0.1) is 0 Å². The first kappa shape index (κ1) is 15.8. The number of halogens is 1. The summed E-state index contributed by atoms with van der Waals surface area (Å²) in [6.45, 7) is 3.91. The molecule has 2 aliphatic carbocycles. The Hall–Kier alpha value is -1.22. The van der Waals surface area contributed by atoms with Gasteiger partial charge >= 0.3 is 0 Å². The number of hydrogen-bond acceptors (Lipinski definition) is 2. The highest BCUT2D eigenvalue weighted by Crippen LogP contribution is 2.43. The lowest BCUT2D eigenvalue weighted by Gasteiger charge is -2.26. The van der Waals surface area contributed by atoms with Gasteiger partial charge in [-0.15, -0.1) is 12.4 Å². The highest BCUT2D eigenvalue weighted by atomic mass is 35.5. The molecule has 106 valence electrons. The summed E-state index contributed by atoms with van der Waals surface area (Å²) in [6.07, 6.45) is 4.37. The lowest BCUT2D eigenvalue weighted by atomic mass is 10.1. The zero-order valence-corrected chi connectivity index (χ0v) is 12.5. The van der Waals surface area contributed by atoms with Gasteiger partial charge in [0.25, 0.3) is 0 Å². The van der Waals surface area contributed by atoms with E-state index in [4.69, 9.17) is 4.74 Å². The molecule has 0 aromatic rings. The summed E-state index contributed by atoms with van der Waals surface area (Å²) in [5.41, 5.74) is 2.62. The quantitative estimate of drug-likeness (QED) is 0.844. The van der Waals surface area contributed by atoms with Crippen LogP contribution in [-0.4, -0.2) is 31.0 Å². The Morgan fingerprint density at radius 2 is 1.95 bits per heavy atom. The first-order valence-electron chi connectivity index (χ1n) is 6.72. The van der Waals surface area contributed by atoms with Crippen molar-refractivity contribution in [2.24, 2.45) is 0 Å². The largest absolute Gasteiger partial charge is 0.496 e. The van der Waals surface area contributed by atoms with Crippen LogP contribution in [0.15, 0.2) is 18.2 Å². The molecule has 3 aliphatic rings. The van der Waals surface area contributed by atoms with Crippen LogP contribution in [0.1, 0.15) is 32.6 Å². The van der Waals surface area contributed by atoms with Crippen LogP contribution in [0.3, 0.4) is 0 Å². The Bertz CT molecular complexity index is 428. The molecule has 0 bridgehead atoms. The van der Waals surface area contributed by atoms with Gasteiger partial charge in [-0.05, 0) is 37.0 Å². The Morgan fingerprint density at radius 1 is 1.26 bits per heavy atom. The zero-order valence-electron chi connectivity index (χ0n) is 11.6. The number of fused-ring (bicyclic) bond motifs is 1. The van der Waals surface area contributed by atoms with Crippen molar-refractivity contribution in [3.05, 3.63) is 18.2 Å². The number of methoxy groups -OCH3 is 1. The topological polar surface area (TPSA) is 29.5 Å². The van der Waals surface area contributed by atoms with Crippen LogP contribution < -0.4 is 4.74 Å². The predicted molar refractivity (Wildman–Crippen MR) is 80.0 cm³/mol. The molecule has 0 spiro atoms. The molecular weight excluding hydrogens is 262 g/mol. The fourth-order valence-corrected chi connectivity index (χ4v) is 2.27. The summed E-state index contributed by atoms with van der Waals surface area (Å²) >= 11 is 0. The Balaban J connectivity index is 0.000000183. The molecule has 0 radical (unpaired) electrons.